The summed E-state index contributed by atoms with van der Waals surface area (Å²) in [7, 11) is 0. The van der Waals surface area contributed by atoms with Crippen molar-refractivity contribution >= 4 is 23.1 Å². The van der Waals surface area contributed by atoms with Crippen molar-refractivity contribution in [2.45, 2.75) is 19.8 Å². The summed E-state index contributed by atoms with van der Waals surface area (Å²) in [4.78, 5) is 15.5. The monoisotopic (exact) mass is 291 g/mol. The Morgan fingerprint density at radius 1 is 1.24 bits per heavy atom. The van der Waals surface area contributed by atoms with E-state index < -0.39 is 11.6 Å². The van der Waals surface area contributed by atoms with E-state index in [9.17, 15) is 13.6 Å². The maximum absolute atomic E-state index is 13.5. The highest BCUT2D eigenvalue weighted by Gasteiger charge is 2.05. The van der Waals surface area contributed by atoms with E-state index in [1.54, 1.807) is 12.1 Å². The number of anilines is 3. The summed E-state index contributed by atoms with van der Waals surface area (Å²) in [5.74, 6) is -0.991. The van der Waals surface area contributed by atoms with E-state index in [0.717, 1.165) is 18.6 Å². The highest BCUT2D eigenvalue weighted by atomic mass is 19.1. The summed E-state index contributed by atoms with van der Waals surface area (Å²) in [6, 6.07) is 6.53. The molecule has 0 aliphatic rings. The average Bonchev–Trinajstić information content (AvgIpc) is 2.44. The number of aromatic nitrogens is 1. The van der Waals surface area contributed by atoms with Gasteiger partial charge in [0.05, 0.1) is 17.6 Å². The van der Waals surface area contributed by atoms with Gasteiger partial charge in [-0.2, -0.15) is 0 Å². The second-order valence-corrected chi connectivity index (χ2v) is 4.48. The van der Waals surface area contributed by atoms with Gasteiger partial charge in [-0.15, -0.1) is 0 Å². The second kappa shape index (κ2) is 6.78. The number of halogens is 2. The molecule has 0 fully saturated rings. The fourth-order valence-corrected chi connectivity index (χ4v) is 1.72. The van der Waals surface area contributed by atoms with Crippen LogP contribution in [0.2, 0.25) is 0 Å². The van der Waals surface area contributed by atoms with Crippen molar-refractivity contribution in [1.29, 1.82) is 0 Å². The lowest BCUT2D eigenvalue weighted by molar-refractivity contribution is -0.116. The van der Waals surface area contributed by atoms with Crippen LogP contribution >= 0.6 is 0 Å². The summed E-state index contributed by atoms with van der Waals surface area (Å²) >= 11 is 0. The van der Waals surface area contributed by atoms with Crippen LogP contribution in [0.3, 0.4) is 0 Å². The Morgan fingerprint density at radius 3 is 2.67 bits per heavy atom. The molecule has 2 aromatic rings. The van der Waals surface area contributed by atoms with E-state index in [1.807, 2.05) is 6.92 Å². The number of hydrogen-bond acceptors (Lipinski definition) is 3. The number of pyridine rings is 1. The first-order valence-electron chi connectivity index (χ1n) is 6.56. The van der Waals surface area contributed by atoms with Gasteiger partial charge in [0.2, 0.25) is 5.91 Å². The topological polar surface area (TPSA) is 54.0 Å². The maximum Gasteiger partial charge on any atom is 0.225 e. The molecule has 110 valence electrons. The van der Waals surface area contributed by atoms with Crippen molar-refractivity contribution in [3.63, 3.8) is 0 Å². The van der Waals surface area contributed by atoms with Crippen molar-refractivity contribution in [2.75, 3.05) is 10.6 Å². The first-order chi connectivity index (χ1) is 10.1. The first kappa shape index (κ1) is 14.9. The van der Waals surface area contributed by atoms with Crippen LogP contribution in [0.1, 0.15) is 19.8 Å². The molecule has 1 amide bonds. The molecule has 4 nitrogen and oxygen atoms in total. The van der Waals surface area contributed by atoms with Gasteiger partial charge in [0.15, 0.2) is 0 Å². The van der Waals surface area contributed by atoms with Gasteiger partial charge in [-0.1, -0.05) is 6.92 Å². The fourth-order valence-electron chi connectivity index (χ4n) is 1.72. The molecule has 0 atom stereocenters. The molecule has 0 bridgehead atoms. The van der Waals surface area contributed by atoms with Crippen molar-refractivity contribution in [2.24, 2.45) is 0 Å². The Balaban J connectivity index is 2.03. The Bertz CT molecular complexity index is 629. The molecular weight excluding hydrogens is 276 g/mol. The SMILES string of the molecule is CCCC(=O)Nc1ccc(Nc2ccc(F)cc2F)cn1. The van der Waals surface area contributed by atoms with Gasteiger partial charge in [0.1, 0.15) is 17.5 Å². The van der Waals surface area contributed by atoms with E-state index in [4.69, 9.17) is 0 Å². The third-order valence-electron chi connectivity index (χ3n) is 2.72. The van der Waals surface area contributed by atoms with E-state index >= 15 is 0 Å². The van der Waals surface area contributed by atoms with Gasteiger partial charge in [0, 0.05) is 12.5 Å². The van der Waals surface area contributed by atoms with Gasteiger partial charge >= 0.3 is 0 Å². The molecular formula is C15H15F2N3O. The number of nitrogens with zero attached hydrogens (tertiary/aromatic N) is 1. The third kappa shape index (κ3) is 4.24. The van der Waals surface area contributed by atoms with Crippen molar-refractivity contribution < 1.29 is 13.6 Å². The van der Waals surface area contributed by atoms with E-state index in [1.165, 1.54) is 12.3 Å². The Kier molecular flexibility index (Phi) is 4.81. The number of hydrogen-bond donors (Lipinski definition) is 2. The summed E-state index contributed by atoms with van der Waals surface area (Å²) in [6.45, 7) is 1.91. The minimum absolute atomic E-state index is 0.102. The lowest BCUT2D eigenvalue weighted by atomic mass is 10.3. The Morgan fingerprint density at radius 2 is 2.05 bits per heavy atom. The van der Waals surface area contributed by atoms with Gasteiger partial charge in [-0.25, -0.2) is 13.8 Å². The molecule has 1 aromatic heterocycles. The predicted molar refractivity (Wildman–Crippen MR) is 77.4 cm³/mol. The molecule has 1 heterocycles. The van der Waals surface area contributed by atoms with Crippen LogP contribution in [-0.4, -0.2) is 10.9 Å². The van der Waals surface area contributed by atoms with Gasteiger partial charge < -0.3 is 10.6 Å². The van der Waals surface area contributed by atoms with E-state index in [-0.39, 0.29) is 11.6 Å². The average molecular weight is 291 g/mol. The molecule has 6 heteroatoms. The third-order valence-corrected chi connectivity index (χ3v) is 2.72. The molecule has 2 N–H and O–H groups in total. The molecule has 1 aromatic carbocycles. The van der Waals surface area contributed by atoms with Crippen LogP contribution in [0, 0.1) is 11.6 Å². The van der Waals surface area contributed by atoms with E-state index in [2.05, 4.69) is 15.6 Å². The van der Waals surface area contributed by atoms with E-state index in [0.29, 0.717) is 17.9 Å². The smallest absolute Gasteiger partial charge is 0.225 e. The molecule has 2 rings (SSSR count). The minimum Gasteiger partial charge on any atom is -0.352 e. The second-order valence-electron chi connectivity index (χ2n) is 4.48. The zero-order valence-corrected chi connectivity index (χ0v) is 11.5. The molecule has 21 heavy (non-hydrogen) atoms. The minimum atomic E-state index is -0.685. The molecule has 0 spiro atoms. The first-order valence-corrected chi connectivity index (χ1v) is 6.56. The Labute approximate surface area is 121 Å². The molecule has 0 radical (unpaired) electrons. The fraction of sp³-hybridized carbons (Fsp3) is 0.200. The zero-order valence-electron chi connectivity index (χ0n) is 11.5. The van der Waals surface area contributed by atoms with Crippen LogP contribution < -0.4 is 10.6 Å². The highest BCUT2D eigenvalue weighted by molar-refractivity contribution is 5.89. The predicted octanol–water partition coefficient (Wildman–Crippen LogP) is 3.84. The molecule has 0 aliphatic carbocycles. The maximum atomic E-state index is 13.5. The van der Waals surface area contributed by atoms with Crippen molar-refractivity contribution in [3.05, 3.63) is 48.2 Å². The number of carbonyl (C=O) groups is 1. The highest BCUT2D eigenvalue weighted by Crippen LogP contribution is 2.20. The summed E-state index contributed by atoms with van der Waals surface area (Å²) < 4.78 is 26.3. The standard InChI is InChI=1S/C15H15F2N3O/c1-2-3-15(21)20-14-7-5-11(9-18-14)19-13-6-4-10(16)8-12(13)17/h4-9,19H,2-3H2,1H3,(H,18,20,21). The number of nitrogens with one attached hydrogen (secondary N) is 2. The Hall–Kier alpha value is -2.50. The number of rotatable bonds is 5. The number of amides is 1. The van der Waals surface area contributed by atoms with Crippen LogP contribution in [0.4, 0.5) is 26.0 Å². The largest absolute Gasteiger partial charge is 0.352 e. The normalized spacial score (nSPS) is 10.2. The molecule has 0 saturated heterocycles. The van der Waals surface area contributed by atoms with Gasteiger partial charge in [-0.05, 0) is 30.7 Å². The van der Waals surface area contributed by atoms with Crippen LogP contribution in [0.5, 0.6) is 0 Å². The summed E-state index contributed by atoms with van der Waals surface area (Å²) in [5.41, 5.74) is 0.690. The lowest BCUT2D eigenvalue weighted by Gasteiger charge is -2.08. The van der Waals surface area contributed by atoms with Crippen LogP contribution in [-0.2, 0) is 4.79 Å². The van der Waals surface area contributed by atoms with Gasteiger partial charge in [-0.3, -0.25) is 4.79 Å². The van der Waals surface area contributed by atoms with Gasteiger partial charge in [0.25, 0.3) is 0 Å². The molecule has 0 aliphatic heterocycles. The molecule has 0 unspecified atom stereocenters. The lowest BCUT2D eigenvalue weighted by Crippen LogP contribution is -2.11. The zero-order chi connectivity index (χ0) is 15.2. The number of carbonyl (C=O) groups excluding carboxylic acids is 1. The quantitative estimate of drug-likeness (QED) is 0.880. The van der Waals surface area contributed by atoms with Crippen LogP contribution in [0.15, 0.2) is 36.5 Å². The van der Waals surface area contributed by atoms with Crippen molar-refractivity contribution in [3.8, 4) is 0 Å². The number of benzene rings is 1. The van der Waals surface area contributed by atoms with Crippen LogP contribution in [0.25, 0.3) is 0 Å². The van der Waals surface area contributed by atoms with Crippen molar-refractivity contribution in [1.82, 2.24) is 4.98 Å². The summed E-state index contributed by atoms with van der Waals surface area (Å²) in [6.07, 6.45) is 2.65. The summed E-state index contributed by atoms with van der Waals surface area (Å²) in [5, 5.41) is 5.44. The molecule has 0 saturated carbocycles.